The lowest BCUT2D eigenvalue weighted by Crippen LogP contribution is -2.14. The van der Waals surface area contributed by atoms with E-state index in [1.807, 2.05) is 37.3 Å². The van der Waals surface area contributed by atoms with Gasteiger partial charge in [0.1, 0.15) is 5.00 Å². The van der Waals surface area contributed by atoms with Gasteiger partial charge in [-0.05, 0) is 36.8 Å². The molecular weight excluding hydrogens is 396 g/mol. The summed E-state index contributed by atoms with van der Waals surface area (Å²) < 4.78 is 31.7. The van der Waals surface area contributed by atoms with Gasteiger partial charge in [0.25, 0.3) is 5.91 Å². The van der Waals surface area contributed by atoms with Gasteiger partial charge in [0.2, 0.25) is 0 Å². The van der Waals surface area contributed by atoms with E-state index in [2.05, 4.69) is 5.32 Å². The van der Waals surface area contributed by atoms with Gasteiger partial charge in [0.15, 0.2) is 11.6 Å². The third-order valence-electron chi connectivity index (χ3n) is 4.38. The molecule has 0 fully saturated rings. The Bertz CT molecular complexity index is 1030. The van der Waals surface area contributed by atoms with Gasteiger partial charge >= 0.3 is 5.97 Å². The van der Waals surface area contributed by atoms with Crippen molar-refractivity contribution in [3.8, 4) is 0 Å². The van der Waals surface area contributed by atoms with Crippen LogP contribution in [-0.4, -0.2) is 18.5 Å². The number of anilines is 1. The van der Waals surface area contributed by atoms with Crippen LogP contribution in [0.3, 0.4) is 0 Å². The number of halogens is 2. The van der Waals surface area contributed by atoms with Gasteiger partial charge in [-0.15, -0.1) is 11.3 Å². The molecule has 3 aromatic rings. The number of hydrogen-bond donors (Lipinski definition) is 1. The van der Waals surface area contributed by atoms with Crippen molar-refractivity contribution in [1.29, 1.82) is 0 Å². The molecule has 4 nitrogen and oxygen atoms in total. The number of esters is 1. The number of hydrogen-bond acceptors (Lipinski definition) is 4. The summed E-state index contributed by atoms with van der Waals surface area (Å²) in [7, 11) is 0. The molecule has 0 saturated carbocycles. The van der Waals surface area contributed by atoms with Crippen molar-refractivity contribution in [3.63, 3.8) is 0 Å². The number of rotatable bonds is 6. The number of nitrogens with one attached hydrogen (secondary N) is 1. The Kier molecular flexibility index (Phi) is 6.39. The van der Waals surface area contributed by atoms with Crippen LogP contribution in [0.1, 0.15) is 50.9 Å². The molecule has 1 aromatic heterocycles. The Morgan fingerprint density at radius 2 is 1.79 bits per heavy atom. The molecule has 29 heavy (non-hydrogen) atoms. The normalized spacial score (nSPS) is 11.7. The molecule has 0 aliphatic rings. The Morgan fingerprint density at radius 1 is 1.07 bits per heavy atom. The predicted octanol–water partition coefficient (Wildman–Crippen LogP) is 5.61. The molecule has 1 heterocycles. The summed E-state index contributed by atoms with van der Waals surface area (Å²) in [4.78, 5) is 25.8. The first-order valence-corrected chi connectivity index (χ1v) is 9.84. The number of carbonyl (C=O) groups is 2. The molecule has 1 atom stereocenters. The van der Waals surface area contributed by atoms with Crippen LogP contribution in [0.5, 0.6) is 0 Å². The molecule has 0 bridgehead atoms. The summed E-state index contributed by atoms with van der Waals surface area (Å²) in [6, 6.07) is 14.3. The van der Waals surface area contributed by atoms with Crippen LogP contribution in [0.2, 0.25) is 0 Å². The van der Waals surface area contributed by atoms with Gasteiger partial charge in [0.05, 0.1) is 12.2 Å². The molecule has 7 heteroatoms. The van der Waals surface area contributed by atoms with Crippen molar-refractivity contribution >= 4 is 28.2 Å². The Hall–Kier alpha value is -3.06. The third-order valence-corrected chi connectivity index (χ3v) is 5.61. The van der Waals surface area contributed by atoms with Crippen molar-refractivity contribution in [3.05, 3.63) is 87.8 Å². The van der Waals surface area contributed by atoms with E-state index in [-0.39, 0.29) is 23.7 Å². The molecule has 2 aromatic carbocycles. The van der Waals surface area contributed by atoms with Gasteiger partial charge < -0.3 is 10.1 Å². The molecule has 1 amide bonds. The van der Waals surface area contributed by atoms with E-state index < -0.39 is 23.5 Å². The van der Waals surface area contributed by atoms with Gasteiger partial charge in [0, 0.05) is 16.4 Å². The molecule has 0 aliphatic carbocycles. The van der Waals surface area contributed by atoms with Gasteiger partial charge in [-0.1, -0.05) is 37.3 Å². The van der Waals surface area contributed by atoms with Crippen LogP contribution < -0.4 is 5.32 Å². The van der Waals surface area contributed by atoms with E-state index in [0.29, 0.717) is 5.00 Å². The second-order valence-electron chi connectivity index (χ2n) is 6.33. The van der Waals surface area contributed by atoms with Crippen molar-refractivity contribution < 1.29 is 23.1 Å². The molecular formula is C22H19F2NO3S. The summed E-state index contributed by atoms with van der Waals surface area (Å²) in [5, 5.41) is 2.93. The monoisotopic (exact) mass is 415 g/mol. The molecule has 1 N–H and O–H groups in total. The smallest absolute Gasteiger partial charge is 0.341 e. The first kappa shape index (κ1) is 20.7. The second kappa shape index (κ2) is 8.96. The van der Waals surface area contributed by atoms with E-state index in [4.69, 9.17) is 4.74 Å². The fourth-order valence-corrected chi connectivity index (χ4v) is 3.92. The van der Waals surface area contributed by atoms with Crippen molar-refractivity contribution in [2.24, 2.45) is 0 Å². The van der Waals surface area contributed by atoms with Crippen LogP contribution in [0, 0.1) is 11.6 Å². The minimum atomic E-state index is -1.12. The summed E-state index contributed by atoms with van der Waals surface area (Å²) >= 11 is 1.25. The summed E-state index contributed by atoms with van der Waals surface area (Å²) in [6.07, 6.45) is 0. The van der Waals surface area contributed by atoms with Crippen LogP contribution in [0.25, 0.3) is 0 Å². The molecule has 0 aliphatic heterocycles. The first-order chi connectivity index (χ1) is 13.9. The largest absolute Gasteiger partial charge is 0.462 e. The minimum absolute atomic E-state index is 0.0108. The number of benzene rings is 2. The first-order valence-electron chi connectivity index (χ1n) is 9.03. The van der Waals surface area contributed by atoms with E-state index in [1.54, 1.807) is 13.0 Å². The lowest BCUT2D eigenvalue weighted by molar-refractivity contribution is 0.0528. The maximum Gasteiger partial charge on any atom is 0.341 e. The van der Waals surface area contributed by atoms with Crippen LogP contribution in [-0.2, 0) is 4.74 Å². The fourth-order valence-electron chi connectivity index (χ4n) is 2.80. The zero-order valence-electron chi connectivity index (χ0n) is 15.9. The summed E-state index contributed by atoms with van der Waals surface area (Å²) in [5.41, 5.74) is 1.23. The highest BCUT2D eigenvalue weighted by Crippen LogP contribution is 2.36. The standard InChI is InChI=1S/C22H19F2NO3S/c1-3-28-22(27)16-12-19(13(2)14-7-5-4-6-8-14)29-21(16)25-20(26)15-9-10-17(23)18(24)11-15/h4-13H,3H2,1-2H3,(H,25,26)/t13-/m1/s1. The van der Waals surface area contributed by atoms with Crippen LogP contribution >= 0.6 is 11.3 Å². The van der Waals surface area contributed by atoms with Gasteiger partial charge in [-0.3, -0.25) is 4.79 Å². The van der Waals surface area contributed by atoms with Crippen molar-refractivity contribution in [1.82, 2.24) is 0 Å². The lowest BCUT2D eigenvalue weighted by Gasteiger charge is -2.09. The number of thiophene rings is 1. The number of amides is 1. The Morgan fingerprint density at radius 3 is 2.45 bits per heavy atom. The highest BCUT2D eigenvalue weighted by Gasteiger charge is 2.22. The maximum absolute atomic E-state index is 13.5. The van der Waals surface area contributed by atoms with E-state index in [9.17, 15) is 18.4 Å². The van der Waals surface area contributed by atoms with Crippen molar-refractivity contribution in [2.75, 3.05) is 11.9 Å². The molecule has 0 saturated heterocycles. The molecule has 3 rings (SSSR count). The topological polar surface area (TPSA) is 55.4 Å². The van der Waals surface area contributed by atoms with E-state index in [0.717, 1.165) is 22.6 Å². The lowest BCUT2D eigenvalue weighted by atomic mass is 9.99. The van der Waals surface area contributed by atoms with Gasteiger partial charge in [-0.25, -0.2) is 13.6 Å². The van der Waals surface area contributed by atoms with Crippen molar-refractivity contribution in [2.45, 2.75) is 19.8 Å². The Balaban J connectivity index is 1.93. The third kappa shape index (κ3) is 4.68. The SMILES string of the molecule is CCOC(=O)c1cc([C@H](C)c2ccccc2)sc1NC(=O)c1ccc(F)c(F)c1. The van der Waals surface area contributed by atoms with E-state index in [1.165, 1.54) is 17.4 Å². The fraction of sp³-hybridized carbons (Fsp3) is 0.182. The second-order valence-corrected chi connectivity index (χ2v) is 7.41. The highest BCUT2D eigenvalue weighted by atomic mass is 32.1. The number of carbonyl (C=O) groups excluding carboxylic acids is 2. The average Bonchev–Trinajstić information content (AvgIpc) is 3.14. The minimum Gasteiger partial charge on any atom is -0.462 e. The van der Waals surface area contributed by atoms with Gasteiger partial charge in [-0.2, -0.15) is 0 Å². The van der Waals surface area contributed by atoms with Crippen LogP contribution in [0.15, 0.2) is 54.6 Å². The zero-order valence-corrected chi connectivity index (χ0v) is 16.7. The summed E-state index contributed by atoms with van der Waals surface area (Å²) in [6.45, 7) is 3.88. The maximum atomic E-state index is 13.5. The quantitative estimate of drug-likeness (QED) is 0.533. The molecule has 0 spiro atoms. The summed E-state index contributed by atoms with van der Waals surface area (Å²) in [5.74, 6) is -3.37. The predicted molar refractivity (Wildman–Crippen MR) is 109 cm³/mol. The van der Waals surface area contributed by atoms with E-state index >= 15 is 0 Å². The molecule has 150 valence electrons. The molecule has 0 radical (unpaired) electrons. The number of ether oxygens (including phenoxy) is 1. The molecule has 0 unspecified atom stereocenters. The average molecular weight is 415 g/mol. The zero-order chi connectivity index (χ0) is 21.0. The van der Waals surface area contributed by atoms with Crippen LogP contribution in [0.4, 0.5) is 13.8 Å². The highest BCUT2D eigenvalue weighted by molar-refractivity contribution is 7.16. The Labute approximate surface area is 171 Å².